The lowest BCUT2D eigenvalue weighted by molar-refractivity contribution is 0.0954. The Bertz CT molecular complexity index is 1390. The maximum atomic E-state index is 13.2. The summed E-state index contributed by atoms with van der Waals surface area (Å²) in [6.07, 6.45) is 6.64. The molecule has 5 heterocycles. The van der Waals surface area contributed by atoms with Gasteiger partial charge in [-0.05, 0) is 37.3 Å². The molecule has 1 N–H and O–H groups in total. The lowest BCUT2D eigenvalue weighted by Crippen LogP contribution is -2.25. The standard InChI is InChI=1S/C22H24N6O3S2/c1-15-20-17(22(29)24-6-3-8-27-9-7-23-14-27)12-18(19-4-2-10-32-19)25-21(20)28(26-15)16-5-11-33(30,31)13-16/h2,4,7,9-10,12,14,16H,3,5-6,8,11,13H2,1H3,(H,24,29). The number of thiophene rings is 1. The van der Waals surface area contributed by atoms with Gasteiger partial charge in [-0.1, -0.05) is 6.07 Å². The largest absolute Gasteiger partial charge is 0.352 e. The van der Waals surface area contributed by atoms with Gasteiger partial charge in [0.2, 0.25) is 0 Å². The van der Waals surface area contributed by atoms with E-state index in [0.29, 0.717) is 41.0 Å². The van der Waals surface area contributed by atoms with Gasteiger partial charge in [0.05, 0.1) is 51.1 Å². The van der Waals surface area contributed by atoms with E-state index in [1.54, 1.807) is 28.5 Å². The Balaban J connectivity index is 1.49. The van der Waals surface area contributed by atoms with Gasteiger partial charge < -0.3 is 9.88 Å². The molecule has 1 atom stereocenters. The Kier molecular flexibility index (Phi) is 5.75. The summed E-state index contributed by atoms with van der Waals surface area (Å²) < 4.78 is 27.9. The molecule has 0 spiro atoms. The summed E-state index contributed by atoms with van der Waals surface area (Å²) in [5.74, 6) is 0.00385. The van der Waals surface area contributed by atoms with E-state index in [1.807, 2.05) is 41.3 Å². The van der Waals surface area contributed by atoms with Crippen LogP contribution >= 0.6 is 11.3 Å². The molecule has 4 aromatic heterocycles. The molecule has 0 bridgehead atoms. The molecular formula is C22H24N6O3S2. The lowest BCUT2D eigenvalue weighted by Gasteiger charge is -2.12. The van der Waals surface area contributed by atoms with Crippen LogP contribution in [-0.2, 0) is 16.4 Å². The highest BCUT2D eigenvalue weighted by atomic mass is 32.2. The van der Waals surface area contributed by atoms with Crippen LogP contribution in [0.3, 0.4) is 0 Å². The molecule has 0 aliphatic carbocycles. The number of sulfone groups is 1. The van der Waals surface area contributed by atoms with Crippen LogP contribution in [0.15, 0.2) is 42.3 Å². The first-order valence-electron chi connectivity index (χ1n) is 10.8. The number of nitrogens with one attached hydrogen (secondary N) is 1. The molecule has 172 valence electrons. The molecule has 1 unspecified atom stereocenters. The summed E-state index contributed by atoms with van der Waals surface area (Å²) in [6, 6.07) is 5.43. The molecule has 1 amide bonds. The van der Waals surface area contributed by atoms with Gasteiger partial charge in [0.1, 0.15) is 0 Å². The summed E-state index contributed by atoms with van der Waals surface area (Å²) in [4.78, 5) is 23.0. The third kappa shape index (κ3) is 4.42. The van der Waals surface area contributed by atoms with Crippen molar-refractivity contribution in [2.24, 2.45) is 0 Å². The molecule has 4 aromatic rings. The summed E-state index contributed by atoms with van der Waals surface area (Å²) in [5.41, 5.74) is 2.42. The molecular weight excluding hydrogens is 460 g/mol. The number of carbonyl (C=O) groups is 1. The van der Waals surface area contributed by atoms with Crippen molar-refractivity contribution in [1.29, 1.82) is 0 Å². The number of hydrogen-bond donors (Lipinski definition) is 1. The molecule has 0 radical (unpaired) electrons. The maximum Gasteiger partial charge on any atom is 0.252 e. The number of hydrogen-bond acceptors (Lipinski definition) is 7. The van der Waals surface area contributed by atoms with Crippen LogP contribution in [0.1, 0.15) is 34.9 Å². The minimum absolute atomic E-state index is 0.0455. The van der Waals surface area contributed by atoms with Crippen molar-refractivity contribution in [3.05, 3.63) is 53.6 Å². The number of carbonyl (C=O) groups excluding carboxylic acids is 1. The Morgan fingerprint density at radius 3 is 2.94 bits per heavy atom. The van der Waals surface area contributed by atoms with Gasteiger partial charge in [0, 0.05) is 25.5 Å². The average molecular weight is 485 g/mol. The van der Waals surface area contributed by atoms with E-state index in [4.69, 9.17) is 4.98 Å². The van der Waals surface area contributed by atoms with Crippen LogP contribution in [-0.4, -0.2) is 56.7 Å². The SMILES string of the molecule is Cc1nn(C2CCS(=O)(=O)C2)c2nc(-c3cccs3)cc(C(=O)NCCCn3ccnc3)c12. The Labute approximate surface area is 195 Å². The molecule has 0 aromatic carbocycles. The summed E-state index contributed by atoms with van der Waals surface area (Å²) >= 11 is 1.54. The Morgan fingerprint density at radius 1 is 1.36 bits per heavy atom. The molecule has 1 aliphatic rings. The lowest BCUT2D eigenvalue weighted by atomic mass is 10.1. The van der Waals surface area contributed by atoms with Gasteiger partial charge in [-0.15, -0.1) is 11.3 Å². The first-order chi connectivity index (χ1) is 15.9. The van der Waals surface area contributed by atoms with E-state index >= 15 is 0 Å². The van der Waals surface area contributed by atoms with Crippen LogP contribution < -0.4 is 5.32 Å². The Morgan fingerprint density at radius 2 is 2.24 bits per heavy atom. The van der Waals surface area contributed by atoms with Crippen molar-refractivity contribution >= 4 is 38.1 Å². The van der Waals surface area contributed by atoms with Gasteiger partial charge in [-0.25, -0.2) is 23.1 Å². The molecule has 1 fully saturated rings. The van der Waals surface area contributed by atoms with Gasteiger partial charge in [-0.3, -0.25) is 4.79 Å². The van der Waals surface area contributed by atoms with Crippen molar-refractivity contribution in [2.75, 3.05) is 18.1 Å². The molecule has 1 aliphatic heterocycles. The number of amides is 1. The van der Waals surface area contributed by atoms with Gasteiger partial charge in [0.15, 0.2) is 15.5 Å². The van der Waals surface area contributed by atoms with Crippen molar-refractivity contribution in [2.45, 2.75) is 32.4 Å². The quantitative estimate of drug-likeness (QED) is 0.404. The molecule has 11 heteroatoms. The smallest absolute Gasteiger partial charge is 0.252 e. The molecule has 5 rings (SSSR count). The zero-order valence-corrected chi connectivity index (χ0v) is 19.8. The highest BCUT2D eigenvalue weighted by molar-refractivity contribution is 7.91. The predicted octanol–water partition coefficient (Wildman–Crippen LogP) is 2.84. The topological polar surface area (TPSA) is 112 Å². The summed E-state index contributed by atoms with van der Waals surface area (Å²) in [7, 11) is -3.09. The fourth-order valence-electron chi connectivity index (χ4n) is 4.24. The maximum absolute atomic E-state index is 13.2. The molecule has 33 heavy (non-hydrogen) atoms. The fourth-order valence-corrected chi connectivity index (χ4v) is 6.62. The van der Waals surface area contributed by atoms with E-state index in [-0.39, 0.29) is 23.5 Å². The number of rotatable bonds is 7. The molecule has 1 saturated heterocycles. The third-order valence-electron chi connectivity index (χ3n) is 5.85. The van der Waals surface area contributed by atoms with Crippen LogP contribution in [0.25, 0.3) is 21.6 Å². The highest BCUT2D eigenvalue weighted by Crippen LogP contribution is 2.33. The normalized spacial score (nSPS) is 17.5. The van der Waals surface area contributed by atoms with E-state index in [0.717, 1.165) is 17.8 Å². The monoisotopic (exact) mass is 484 g/mol. The highest BCUT2D eigenvalue weighted by Gasteiger charge is 2.32. The first kappa shape index (κ1) is 21.8. The second-order valence-corrected chi connectivity index (χ2v) is 11.4. The number of aromatic nitrogens is 5. The van der Waals surface area contributed by atoms with Crippen molar-refractivity contribution < 1.29 is 13.2 Å². The van der Waals surface area contributed by atoms with Gasteiger partial charge in [0.25, 0.3) is 5.91 Å². The number of fused-ring (bicyclic) bond motifs is 1. The minimum atomic E-state index is -3.09. The van der Waals surface area contributed by atoms with Crippen molar-refractivity contribution in [3.8, 4) is 10.6 Å². The summed E-state index contributed by atoms with van der Waals surface area (Å²) in [6.45, 7) is 3.12. The van der Waals surface area contributed by atoms with Crippen molar-refractivity contribution in [1.82, 2.24) is 29.6 Å². The van der Waals surface area contributed by atoms with Gasteiger partial charge >= 0.3 is 0 Å². The second kappa shape index (κ2) is 8.71. The van der Waals surface area contributed by atoms with Crippen molar-refractivity contribution in [3.63, 3.8) is 0 Å². The van der Waals surface area contributed by atoms with E-state index in [9.17, 15) is 13.2 Å². The van der Waals surface area contributed by atoms with E-state index in [1.165, 1.54) is 0 Å². The zero-order chi connectivity index (χ0) is 23.0. The van der Waals surface area contributed by atoms with Crippen LogP contribution in [0.4, 0.5) is 0 Å². The Hall–Kier alpha value is -3.05. The van der Waals surface area contributed by atoms with Crippen LogP contribution in [0.2, 0.25) is 0 Å². The minimum Gasteiger partial charge on any atom is -0.352 e. The van der Waals surface area contributed by atoms with Crippen LogP contribution in [0, 0.1) is 6.92 Å². The number of pyridine rings is 1. The number of aryl methyl sites for hydroxylation is 2. The first-order valence-corrected chi connectivity index (χ1v) is 13.5. The summed E-state index contributed by atoms with van der Waals surface area (Å²) in [5, 5.41) is 10.3. The second-order valence-electron chi connectivity index (χ2n) is 8.23. The van der Waals surface area contributed by atoms with Gasteiger partial charge in [-0.2, -0.15) is 5.10 Å². The average Bonchev–Trinajstić information content (AvgIpc) is 3.58. The predicted molar refractivity (Wildman–Crippen MR) is 127 cm³/mol. The number of nitrogens with zero attached hydrogens (tertiary/aromatic N) is 5. The van der Waals surface area contributed by atoms with E-state index < -0.39 is 9.84 Å². The molecule has 0 saturated carbocycles. The third-order valence-corrected chi connectivity index (χ3v) is 8.49. The molecule has 9 nitrogen and oxygen atoms in total. The zero-order valence-electron chi connectivity index (χ0n) is 18.1. The van der Waals surface area contributed by atoms with E-state index in [2.05, 4.69) is 15.4 Å². The number of imidazole rings is 1. The fraction of sp³-hybridized carbons (Fsp3) is 0.364. The van der Waals surface area contributed by atoms with Crippen LogP contribution in [0.5, 0.6) is 0 Å².